The van der Waals surface area contributed by atoms with Crippen LogP contribution in [-0.4, -0.2) is 28.8 Å². The number of carbonyl (C=O) groups is 1. The van der Waals surface area contributed by atoms with E-state index in [2.05, 4.69) is 36.6 Å². The van der Waals surface area contributed by atoms with Crippen LogP contribution in [0.5, 0.6) is 5.75 Å². The fraction of sp³-hybridized carbons (Fsp3) is 0.171. The van der Waals surface area contributed by atoms with Crippen LogP contribution in [0, 0.1) is 13.8 Å². The van der Waals surface area contributed by atoms with Crippen LogP contribution >= 0.6 is 11.3 Å². The van der Waals surface area contributed by atoms with Gasteiger partial charge in [-0.15, -0.1) is 0 Å². The SMILES string of the molecule is CCOC(=O)C1=C(c2ccccc2)N=c2s/c(=C\c3cc(C)n(-c4ccccc4)c3C)c(=O)n2[C@H]1c1ccc(OC)cc1. The summed E-state index contributed by atoms with van der Waals surface area (Å²) in [4.78, 5) is 33.3. The Hall–Kier alpha value is -4.95. The highest BCUT2D eigenvalue weighted by atomic mass is 32.1. The van der Waals surface area contributed by atoms with Gasteiger partial charge in [0.15, 0.2) is 4.80 Å². The average molecular weight is 590 g/mol. The largest absolute Gasteiger partial charge is 0.497 e. The number of fused-ring (bicyclic) bond motifs is 1. The summed E-state index contributed by atoms with van der Waals surface area (Å²) in [5.41, 5.74) is 6.21. The zero-order chi connectivity index (χ0) is 30.1. The number of aryl methyl sites for hydroxylation is 1. The van der Waals surface area contributed by atoms with Gasteiger partial charge < -0.3 is 14.0 Å². The van der Waals surface area contributed by atoms with Crippen molar-refractivity contribution in [3.63, 3.8) is 0 Å². The number of hydrogen-bond donors (Lipinski definition) is 0. The highest BCUT2D eigenvalue weighted by molar-refractivity contribution is 7.07. The molecule has 216 valence electrons. The van der Waals surface area contributed by atoms with E-state index in [-0.39, 0.29) is 12.2 Å². The molecule has 0 N–H and O–H groups in total. The zero-order valence-electron chi connectivity index (χ0n) is 24.4. The minimum atomic E-state index is -0.740. The maximum atomic E-state index is 14.2. The number of aromatic nitrogens is 2. The number of rotatable bonds is 7. The molecule has 0 aliphatic carbocycles. The van der Waals surface area contributed by atoms with Crippen LogP contribution in [0.15, 0.2) is 106 Å². The Balaban J connectivity index is 1.60. The van der Waals surface area contributed by atoms with Crippen LogP contribution in [0.25, 0.3) is 17.5 Å². The number of hydrogen-bond acceptors (Lipinski definition) is 6. The Morgan fingerprint density at radius 3 is 2.30 bits per heavy atom. The molecular weight excluding hydrogens is 558 g/mol. The van der Waals surface area contributed by atoms with Crippen molar-refractivity contribution >= 4 is 29.1 Å². The minimum absolute atomic E-state index is 0.196. The number of benzene rings is 3. The summed E-state index contributed by atoms with van der Waals surface area (Å²) in [6, 6.07) is 28.4. The summed E-state index contributed by atoms with van der Waals surface area (Å²) in [6.45, 7) is 6.07. The van der Waals surface area contributed by atoms with Crippen molar-refractivity contribution in [3.8, 4) is 11.4 Å². The fourth-order valence-corrected chi connectivity index (χ4v) is 6.58. The summed E-state index contributed by atoms with van der Waals surface area (Å²) in [7, 11) is 1.60. The fourth-order valence-electron chi connectivity index (χ4n) is 5.59. The predicted molar refractivity (Wildman–Crippen MR) is 169 cm³/mol. The van der Waals surface area contributed by atoms with Gasteiger partial charge in [0.05, 0.1) is 35.6 Å². The standard InChI is InChI=1S/C35H31N3O4S/c1-5-42-34(40)30-31(24-12-8-6-9-13-24)36-35-38(32(30)25-16-18-28(41-4)19-17-25)33(39)29(43-35)21-26-20-22(2)37(23(26)3)27-14-10-7-11-15-27/h6-21,32H,5H2,1-4H3/b29-21-/t32-/m0/s1. The molecule has 0 amide bonds. The van der Waals surface area contributed by atoms with Gasteiger partial charge in [-0.25, -0.2) is 9.79 Å². The normalized spacial score (nSPS) is 14.8. The third-order valence-corrected chi connectivity index (χ3v) is 8.56. The smallest absolute Gasteiger partial charge is 0.338 e. The molecule has 3 heterocycles. The van der Waals surface area contributed by atoms with E-state index in [4.69, 9.17) is 14.5 Å². The van der Waals surface area contributed by atoms with Gasteiger partial charge in [-0.3, -0.25) is 9.36 Å². The van der Waals surface area contributed by atoms with E-state index in [1.807, 2.05) is 78.9 Å². The number of nitrogens with zero attached hydrogens (tertiary/aromatic N) is 3. The number of esters is 1. The highest BCUT2D eigenvalue weighted by Crippen LogP contribution is 2.35. The molecule has 7 nitrogen and oxygen atoms in total. The Labute approximate surface area is 253 Å². The molecule has 0 saturated heterocycles. The molecule has 0 fully saturated rings. The average Bonchev–Trinajstić information content (AvgIpc) is 3.50. The number of ether oxygens (including phenoxy) is 2. The zero-order valence-corrected chi connectivity index (χ0v) is 25.2. The molecule has 5 aromatic rings. The van der Waals surface area contributed by atoms with Crippen molar-refractivity contribution in [2.75, 3.05) is 13.7 Å². The summed E-state index contributed by atoms with van der Waals surface area (Å²) >= 11 is 1.32. The first kappa shape index (κ1) is 28.2. The third-order valence-electron chi connectivity index (χ3n) is 7.58. The van der Waals surface area contributed by atoms with Crippen molar-refractivity contribution < 1.29 is 14.3 Å². The maximum Gasteiger partial charge on any atom is 0.338 e. The van der Waals surface area contributed by atoms with Gasteiger partial charge in [-0.05, 0) is 68.3 Å². The van der Waals surface area contributed by atoms with Crippen molar-refractivity contribution in [1.29, 1.82) is 0 Å². The van der Waals surface area contributed by atoms with Crippen LogP contribution < -0.4 is 19.6 Å². The Bertz CT molecular complexity index is 2020. The lowest BCUT2D eigenvalue weighted by Gasteiger charge is -2.26. The molecule has 1 aliphatic rings. The van der Waals surface area contributed by atoms with Crippen LogP contribution in [0.1, 0.15) is 41.0 Å². The summed E-state index contributed by atoms with van der Waals surface area (Å²) < 4.78 is 15.3. The number of para-hydroxylation sites is 1. The van der Waals surface area contributed by atoms with Gasteiger partial charge in [0.25, 0.3) is 5.56 Å². The molecule has 0 unspecified atom stereocenters. The van der Waals surface area contributed by atoms with Gasteiger partial charge in [-0.2, -0.15) is 0 Å². The molecule has 2 aromatic heterocycles. The van der Waals surface area contributed by atoms with Crippen LogP contribution in [0.2, 0.25) is 0 Å². The number of methoxy groups -OCH3 is 1. The van der Waals surface area contributed by atoms with Gasteiger partial charge >= 0.3 is 5.97 Å². The van der Waals surface area contributed by atoms with Gasteiger partial charge in [0.2, 0.25) is 0 Å². The molecule has 1 aliphatic heterocycles. The van der Waals surface area contributed by atoms with Gasteiger partial charge in [0.1, 0.15) is 5.75 Å². The van der Waals surface area contributed by atoms with Crippen molar-refractivity contribution in [3.05, 3.63) is 144 Å². The van der Waals surface area contributed by atoms with Crippen LogP contribution in [0.4, 0.5) is 0 Å². The predicted octanol–water partition coefficient (Wildman–Crippen LogP) is 5.35. The van der Waals surface area contributed by atoms with Crippen molar-refractivity contribution in [2.24, 2.45) is 4.99 Å². The lowest BCUT2D eigenvalue weighted by molar-refractivity contribution is -0.138. The Morgan fingerprint density at radius 2 is 1.65 bits per heavy atom. The van der Waals surface area contributed by atoms with E-state index >= 15 is 0 Å². The maximum absolute atomic E-state index is 14.2. The molecule has 0 spiro atoms. The number of thiazole rings is 1. The van der Waals surface area contributed by atoms with Crippen LogP contribution in [-0.2, 0) is 9.53 Å². The molecule has 0 saturated carbocycles. The summed E-state index contributed by atoms with van der Waals surface area (Å²) in [5, 5.41) is 0. The van der Waals surface area contributed by atoms with E-state index in [1.165, 1.54) is 11.3 Å². The molecule has 6 rings (SSSR count). The quantitative estimate of drug-likeness (QED) is 0.240. The second-order valence-corrected chi connectivity index (χ2v) is 11.2. The van der Waals surface area contributed by atoms with E-state index in [0.29, 0.717) is 26.4 Å². The van der Waals surface area contributed by atoms with Crippen molar-refractivity contribution in [2.45, 2.75) is 26.8 Å². The Kier molecular flexibility index (Phi) is 7.69. The molecule has 0 bridgehead atoms. The van der Waals surface area contributed by atoms with E-state index in [0.717, 1.165) is 33.8 Å². The molecule has 3 aromatic carbocycles. The van der Waals surface area contributed by atoms with Gasteiger partial charge in [-0.1, -0.05) is 72.0 Å². The molecule has 1 atom stereocenters. The minimum Gasteiger partial charge on any atom is -0.497 e. The lowest BCUT2D eigenvalue weighted by atomic mass is 9.93. The van der Waals surface area contributed by atoms with E-state index < -0.39 is 12.0 Å². The summed E-state index contributed by atoms with van der Waals surface area (Å²) in [5.74, 6) is 0.168. The first-order chi connectivity index (χ1) is 20.9. The second-order valence-electron chi connectivity index (χ2n) is 10.2. The second kappa shape index (κ2) is 11.7. The molecule has 0 radical (unpaired) electrons. The third kappa shape index (κ3) is 5.15. The summed E-state index contributed by atoms with van der Waals surface area (Å²) in [6.07, 6.45) is 1.92. The monoisotopic (exact) mass is 589 g/mol. The molecular formula is C35H31N3O4S. The molecule has 43 heavy (non-hydrogen) atoms. The topological polar surface area (TPSA) is 74.8 Å². The van der Waals surface area contributed by atoms with Gasteiger partial charge in [0, 0.05) is 22.6 Å². The van der Waals surface area contributed by atoms with E-state index in [1.54, 1.807) is 18.6 Å². The molecule has 8 heteroatoms. The lowest BCUT2D eigenvalue weighted by Crippen LogP contribution is -2.40. The first-order valence-corrected chi connectivity index (χ1v) is 14.9. The Morgan fingerprint density at radius 1 is 0.977 bits per heavy atom. The van der Waals surface area contributed by atoms with Crippen LogP contribution in [0.3, 0.4) is 0 Å². The van der Waals surface area contributed by atoms with E-state index in [9.17, 15) is 9.59 Å². The first-order valence-electron chi connectivity index (χ1n) is 14.1. The number of carbonyl (C=O) groups excluding carboxylic acids is 1. The van der Waals surface area contributed by atoms with Crippen molar-refractivity contribution in [1.82, 2.24) is 9.13 Å². The highest BCUT2D eigenvalue weighted by Gasteiger charge is 2.35.